The molecule has 0 atom stereocenters. The summed E-state index contributed by atoms with van der Waals surface area (Å²) in [5.74, 6) is -0.0542. The Bertz CT molecular complexity index is 928. The van der Waals surface area contributed by atoms with E-state index >= 15 is 0 Å². The molecule has 0 bridgehead atoms. The normalized spacial score (nSPS) is 20.4. The first-order chi connectivity index (χ1) is 14.6. The van der Waals surface area contributed by atoms with Gasteiger partial charge in [0.1, 0.15) is 0 Å². The summed E-state index contributed by atoms with van der Waals surface area (Å²) in [6.07, 6.45) is 10.4. The Labute approximate surface area is 179 Å². The largest absolute Gasteiger partial charge is 0.350 e. The molecule has 7 heteroatoms. The molecule has 1 aliphatic carbocycles. The molecule has 1 aromatic carbocycles. The van der Waals surface area contributed by atoms with E-state index in [9.17, 15) is 8.42 Å². The van der Waals surface area contributed by atoms with Gasteiger partial charge in [0.25, 0.3) is 0 Å². The molecule has 2 aliphatic rings. The lowest BCUT2D eigenvalue weighted by atomic mass is 9.75. The number of nitrogens with one attached hydrogen (secondary N) is 1. The van der Waals surface area contributed by atoms with Crippen molar-refractivity contribution >= 4 is 20.9 Å². The highest BCUT2D eigenvalue weighted by Crippen LogP contribution is 2.44. The van der Waals surface area contributed by atoms with Crippen molar-refractivity contribution in [3.8, 4) is 0 Å². The predicted molar refractivity (Wildman–Crippen MR) is 117 cm³/mol. The highest BCUT2D eigenvalue weighted by molar-refractivity contribution is 7.88. The van der Waals surface area contributed by atoms with Gasteiger partial charge in [0.15, 0.2) is 6.29 Å². The van der Waals surface area contributed by atoms with E-state index in [0.29, 0.717) is 19.8 Å². The SMILES string of the molecule is O=S(=O)(Cc1cccc2cccnc12)NCCCC1(C2OCCO2)CCCCCC1. The Kier molecular flexibility index (Phi) is 7.03. The van der Waals surface area contributed by atoms with Crippen LogP contribution in [0.1, 0.15) is 56.9 Å². The van der Waals surface area contributed by atoms with E-state index in [0.717, 1.165) is 42.1 Å². The van der Waals surface area contributed by atoms with E-state index in [2.05, 4.69) is 9.71 Å². The van der Waals surface area contributed by atoms with Gasteiger partial charge >= 0.3 is 0 Å². The van der Waals surface area contributed by atoms with Gasteiger partial charge in [0, 0.05) is 23.5 Å². The fraction of sp³-hybridized carbons (Fsp3) is 0.609. The highest BCUT2D eigenvalue weighted by Gasteiger charge is 2.42. The first-order valence-electron chi connectivity index (χ1n) is 11.1. The van der Waals surface area contributed by atoms with E-state index in [1.54, 1.807) is 6.20 Å². The molecule has 0 unspecified atom stereocenters. The average Bonchev–Trinajstić information content (AvgIpc) is 3.19. The monoisotopic (exact) mass is 432 g/mol. The molecule has 0 spiro atoms. The summed E-state index contributed by atoms with van der Waals surface area (Å²) in [6.45, 7) is 1.77. The van der Waals surface area contributed by atoms with Crippen molar-refractivity contribution in [3.05, 3.63) is 42.1 Å². The quantitative estimate of drug-likeness (QED) is 0.501. The topological polar surface area (TPSA) is 77.5 Å². The summed E-state index contributed by atoms with van der Waals surface area (Å²) in [4.78, 5) is 4.37. The maximum absolute atomic E-state index is 12.7. The van der Waals surface area contributed by atoms with E-state index in [1.807, 2.05) is 30.3 Å². The number of benzene rings is 1. The Morgan fingerprint density at radius 3 is 2.53 bits per heavy atom. The number of sulfonamides is 1. The van der Waals surface area contributed by atoms with Gasteiger partial charge in [-0.1, -0.05) is 49.9 Å². The minimum atomic E-state index is -3.43. The number of aromatic nitrogens is 1. The van der Waals surface area contributed by atoms with Crippen LogP contribution in [0.5, 0.6) is 0 Å². The summed E-state index contributed by atoms with van der Waals surface area (Å²) in [5.41, 5.74) is 1.50. The third-order valence-corrected chi connectivity index (χ3v) is 7.79. The molecule has 1 saturated heterocycles. The van der Waals surface area contributed by atoms with Crippen LogP contribution >= 0.6 is 0 Å². The predicted octanol–water partition coefficient (Wildman–Crippen LogP) is 4.15. The molecular formula is C23H32N2O4S. The lowest BCUT2D eigenvalue weighted by molar-refractivity contribution is -0.143. The molecule has 0 amide bonds. The van der Waals surface area contributed by atoms with Gasteiger partial charge in [-0.25, -0.2) is 13.1 Å². The van der Waals surface area contributed by atoms with Crippen LogP contribution in [-0.2, 0) is 25.2 Å². The molecule has 1 saturated carbocycles. The number of nitrogens with zero attached hydrogens (tertiary/aromatic N) is 1. The first-order valence-corrected chi connectivity index (χ1v) is 12.8. The lowest BCUT2D eigenvalue weighted by Crippen LogP contribution is -2.37. The molecular weight excluding hydrogens is 400 g/mol. The Morgan fingerprint density at radius 1 is 1.03 bits per heavy atom. The van der Waals surface area contributed by atoms with Gasteiger partial charge in [0.2, 0.25) is 10.0 Å². The van der Waals surface area contributed by atoms with Crippen LogP contribution in [-0.4, -0.2) is 39.5 Å². The number of hydrogen-bond donors (Lipinski definition) is 1. The van der Waals surface area contributed by atoms with Crippen molar-refractivity contribution in [2.45, 2.75) is 63.4 Å². The second-order valence-corrected chi connectivity index (χ2v) is 10.4. The number of hydrogen-bond acceptors (Lipinski definition) is 5. The summed E-state index contributed by atoms with van der Waals surface area (Å²) in [6, 6.07) is 9.48. The number of pyridine rings is 1. The fourth-order valence-corrected chi connectivity index (χ4v) is 6.16. The smallest absolute Gasteiger partial charge is 0.215 e. The van der Waals surface area contributed by atoms with Crippen LogP contribution in [0, 0.1) is 5.41 Å². The van der Waals surface area contributed by atoms with Crippen LogP contribution in [0.4, 0.5) is 0 Å². The van der Waals surface area contributed by atoms with E-state index in [1.165, 1.54) is 25.7 Å². The molecule has 2 aromatic rings. The molecule has 1 aromatic heterocycles. The molecule has 30 heavy (non-hydrogen) atoms. The van der Waals surface area contributed by atoms with Gasteiger partial charge in [-0.05, 0) is 37.3 Å². The minimum absolute atomic E-state index is 0.0258. The van der Waals surface area contributed by atoms with Crippen LogP contribution in [0.15, 0.2) is 36.5 Å². The molecule has 1 aliphatic heterocycles. The average molecular weight is 433 g/mol. The number of rotatable bonds is 8. The third-order valence-electron chi connectivity index (χ3n) is 6.46. The van der Waals surface area contributed by atoms with E-state index in [-0.39, 0.29) is 17.5 Å². The molecule has 164 valence electrons. The third kappa shape index (κ3) is 5.19. The van der Waals surface area contributed by atoms with E-state index < -0.39 is 10.0 Å². The number of ether oxygens (including phenoxy) is 2. The molecule has 1 N–H and O–H groups in total. The maximum atomic E-state index is 12.7. The van der Waals surface area contributed by atoms with Gasteiger partial charge < -0.3 is 9.47 Å². The van der Waals surface area contributed by atoms with Gasteiger partial charge in [0.05, 0.1) is 24.5 Å². The zero-order chi connectivity index (χ0) is 20.9. The summed E-state index contributed by atoms with van der Waals surface area (Å²) < 4.78 is 40.0. The van der Waals surface area contributed by atoms with Crippen LogP contribution < -0.4 is 4.72 Å². The molecule has 6 nitrogen and oxygen atoms in total. The van der Waals surface area contributed by atoms with Crippen molar-refractivity contribution in [1.29, 1.82) is 0 Å². The van der Waals surface area contributed by atoms with Gasteiger partial charge in [-0.15, -0.1) is 0 Å². The minimum Gasteiger partial charge on any atom is -0.350 e. The Morgan fingerprint density at radius 2 is 1.77 bits per heavy atom. The molecule has 0 radical (unpaired) electrons. The van der Waals surface area contributed by atoms with Crippen LogP contribution in [0.3, 0.4) is 0 Å². The number of fused-ring (bicyclic) bond motifs is 1. The van der Waals surface area contributed by atoms with Gasteiger partial charge in [-0.2, -0.15) is 0 Å². The van der Waals surface area contributed by atoms with Crippen molar-refractivity contribution < 1.29 is 17.9 Å². The zero-order valence-corrected chi connectivity index (χ0v) is 18.3. The molecule has 2 heterocycles. The number of para-hydroxylation sites is 1. The van der Waals surface area contributed by atoms with Gasteiger partial charge in [-0.3, -0.25) is 4.98 Å². The van der Waals surface area contributed by atoms with Crippen molar-refractivity contribution in [3.63, 3.8) is 0 Å². The van der Waals surface area contributed by atoms with Crippen LogP contribution in [0.25, 0.3) is 10.9 Å². The fourth-order valence-electron chi connectivity index (χ4n) is 4.96. The maximum Gasteiger partial charge on any atom is 0.215 e. The zero-order valence-electron chi connectivity index (χ0n) is 17.5. The molecule has 4 rings (SSSR count). The lowest BCUT2D eigenvalue weighted by Gasteiger charge is -2.37. The summed E-state index contributed by atoms with van der Waals surface area (Å²) in [7, 11) is -3.43. The van der Waals surface area contributed by atoms with Crippen molar-refractivity contribution in [2.24, 2.45) is 5.41 Å². The second-order valence-electron chi connectivity index (χ2n) is 8.60. The van der Waals surface area contributed by atoms with Crippen molar-refractivity contribution in [2.75, 3.05) is 19.8 Å². The van der Waals surface area contributed by atoms with E-state index in [4.69, 9.17) is 9.47 Å². The summed E-state index contributed by atoms with van der Waals surface area (Å²) in [5, 5.41) is 0.956. The summed E-state index contributed by atoms with van der Waals surface area (Å²) >= 11 is 0. The molecule has 2 fully saturated rings. The van der Waals surface area contributed by atoms with Crippen molar-refractivity contribution in [1.82, 2.24) is 9.71 Å². The Hall–Kier alpha value is -1.54. The van der Waals surface area contributed by atoms with Crippen LogP contribution in [0.2, 0.25) is 0 Å². The Balaban J connectivity index is 1.35. The standard InChI is InChI=1S/C23H32N2O4S/c26-30(27,18-20-9-5-8-19-10-6-14-24-21(19)20)25-15-7-13-23(22-28-16-17-29-22)11-3-1-2-4-12-23/h5-6,8-10,14,22,25H,1-4,7,11-13,15-18H2. The first kappa shape index (κ1) is 21.7. The highest BCUT2D eigenvalue weighted by atomic mass is 32.2. The second kappa shape index (κ2) is 9.73.